The fraction of sp³-hybridized carbons (Fsp3) is 0.625. The zero-order chi connectivity index (χ0) is 13.6. The third kappa shape index (κ3) is 5.65. The summed E-state index contributed by atoms with van der Waals surface area (Å²) in [6.07, 6.45) is 0.950. The summed E-state index contributed by atoms with van der Waals surface area (Å²) in [7, 11) is 0. The highest BCUT2D eigenvalue weighted by atomic mass is 16.5. The van der Waals surface area contributed by atoms with Gasteiger partial charge in [0.1, 0.15) is 0 Å². The fourth-order valence-corrected chi connectivity index (χ4v) is 2.42. The van der Waals surface area contributed by atoms with Crippen molar-refractivity contribution in [3.63, 3.8) is 0 Å². The maximum atomic E-state index is 9.32. The maximum absolute atomic E-state index is 9.32. The molecule has 0 radical (unpaired) electrons. The summed E-state index contributed by atoms with van der Waals surface area (Å²) in [5.41, 5.74) is 1.25. The summed E-state index contributed by atoms with van der Waals surface area (Å²) in [5, 5.41) is 9.32. The van der Waals surface area contributed by atoms with Crippen LogP contribution in [0.25, 0.3) is 0 Å². The van der Waals surface area contributed by atoms with Crippen LogP contribution in [0.15, 0.2) is 30.3 Å². The number of rotatable bonds is 7. The van der Waals surface area contributed by atoms with Gasteiger partial charge in [-0.2, -0.15) is 0 Å². The molecule has 0 aliphatic carbocycles. The number of ether oxygens (including phenoxy) is 1. The first kappa shape index (κ1) is 15.2. The van der Waals surface area contributed by atoms with Gasteiger partial charge < -0.3 is 9.84 Å². The number of aliphatic hydroxyl groups excluding tert-OH is 1. The molecule has 0 heterocycles. The molecule has 1 aromatic carbocycles. The molecule has 18 heavy (non-hydrogen) atoms. The van der Waals surface area contributed by atoms with Crippen molar-refractivity contribution in [3.05, 3.63) is 35.9 Å². The highest BCUT2D eigenvalue weighted by Gasteiger charge is 2.28. The van der Waals surface area contributed by atoms with Gasteiger partial charge in [0.05, 0.1) is 13.2 Å². The molecule has 0 bridgehead atoms. The van der Waals surface area contributed by atoms with Gasteiger partial charge in [0.2, 0.25) is 0 Å². The van der Waals surface area contributed by atoms with Gasteiger partial charge in [0.25, 0.3) is 0 Å². The largest absolute Gasteiger partial charge is 0.396 e. The van der Waals surface area contributed by atoms with Crippen molar-refractivity contribution >= 4 is 0 Å². The standard InChI is InChI=1S/C16H26O2/c1-15(2,12-17)11-16(3,4)13-18-10-14-8-6-5-7-9-14/h5-9,17H,10-13H2,1-4H3. The van der Waals surface area contributed by atoms with E-state index in [1.807, 2.05) is 18.2 Å². The van der Waals surface area contributed by atoms with Gasteiger partial charge in [0.15, 0.2) is 0 Å². The van der Waals surface area contributed by atoms with Gasteiger partial charge in [-0.1, -0.05) is 58.0 Å². The van der Waals surface area contributed by atoms with Crippen LogP contribution in [0.4, 0.5) is 0 Å². The molecule has 0 saturated carbocycles. The summed E-state index contributed by atoms with van der Waals surface area (Å²) in [4.78, 5) is 0. The predicted octanol–water partition coefficient (Wildman–Crippen LogP) is 3.64. The molecule has 1 aromatic rings. The highest BCUT2D eigenvalue weighted by Crippen LogP contribution is 2.33. The predicted molar refractivity (Wildman–Crippen MR) is 75.4 cm³/mol. The van der Waals surface area contributed by atoms with E-state index in [-0.39, 0.29) is 17.4 Å². The molecule has 0 aromatic heterocycles. The average Bonchev–Trinajstić information content (AvgIpc) is 2.29. The van der Waals surface area contributed by atoms with Gasteiger partial charge in [0, 0.05) is 6.61 Å². The van der Waals surface area contributed by atoms with Crippen molar-refractivity contribution in [2.75, 3.05) is 13.2 Å². The molecule has 0 aliphatic rings. The second-order valence-corrected chi connectivity index (χ2v) is 6.64. The molecular weight excluding hydrogens is 224 g/mol. The summed E-state index contributed by atoms with van der Waals surface area (Å²) in [6, 6.07) is 10.2. The summed E-state index contributed by atoms with van der Waals surface area (Å²) in [6.45, 7) is 10.1. The zero-order valence-corrected chi connectivity index (χ0v) is 12.1. The van der Waals surface area contributed by atoms with E-state index in [1.54, 1.807) is 0 Å². The quantitative estimate of drug-likeness (QED) is 0.800. The van der Waals surface area contributed by atoms with Crippen LogP contribution >= 0.6 is 0 Å². The van der Waals surface area contributed by atoms with Crippen molar-refractivity contribution in [2.45, 2.75) is 40.7 Å². The van der Waals surface area contributed by atoms with Crippen LogP contribution < -0.4 is 0 Å². The van der Waals surface area contributed by atoms with Gasteiger partial charge in [-0.15, -0.1) is 0 Å². The van der Waals surface area contributed by atoms with Crippen LogP contribution in [0.1, 0.15) is 39.7 Å². The van der Waals surface area contributed by atoms with E-state index in [2.05, 4.69) is 39.8 Å². The SMILES string of the molecule is CC(C)(CO)CC(C)(C)COCc1ccccc1. The second kappa shape index (κ2) is 6.35. The molecule has 0 spiro atoms. The Balaban J connectivity index is 2.38. The monoisotopic (exact) mass is 250 g/mol. The summed E-state index contributed by atoms with van der Waals surface area (Å²) in [5.74, 6) is 0. The third-order valence-corrected chi connectivity index (χ3v) is 2.99. The number of hydrogen-bond acceptors (Lipinski definition) is 2. The molecule has 1 N–H and O–H groups in total. The van der Waals surface area contributed by atoms with Crippen LogP contribution in [0.2, 0.25) is 0 Å². The third-order valence-electron chi connectivity index (χ3n) is 2.99. The lowest BCUT2D eigenvalue weighted by Crippen LogP contribution is -2.29. The Morgan fingerprint density at radius 1 is 1.00 bits per heavy atom. The molecule has 0 fully saturated rings. The average molecular weight is 250 g/mol. The second-order valence-electron chi connectivity index (χ2n) is 6.64. The lowest BCUT2D eigenvalue weighted by molar-refractivity contribution is 0.0149. The Hall–Kier alpha value is -0.860. The fourth-order valence-electron chi connectivity index (χ4n) is 2.42. The molecule has 2 heteroatoms. The molecule has 0 unspecified atom stereocenters. The minimum Gasteiger partial charge on any atom is -0.396 e. The Kier molecular flexibility index (Phi) is 5.36. The van der Waals surface area contributed by atoms with Crippen molar-refractivity contribution < 1.29 is 9.84 Å². The van der Waals surface area contributed by atoms with Crippen molar-refractivity contribution in [1.82, 2.24) is 0 Å². The minimum atomic E-state index is -0.0421. The van der Waals surface area contributed by atoms with E-state index in [0.717, 1.165) is 6.42 Å². The van der Waals surface area contributed by atoms with Gasteiger partial charge >= 0.3 is 0 Å². The van der Waals surface area contributed by atoms with E-state index in [4.69, 9.17) is 4.74 Å². The number of aliphatic hydroxyl groups is 1. The van der Waals surface area contributed by atoms with Crippen molar-refractivity contribution in [1.29, 1.82) is 0 Å². The Morgan fingerprint density at radius 2 is 1.61 bits per heavy atom. The van der Waals surface area contributed by atoms with Crippen LogP contribution in [0.3, 0.4) is 0 Å². The first-order chi connectivity index (χ1) is 8.35. The van der Waals surface area contributed by atoms with Crippen LogP contribution in [0.5, 0.6) is 0 Å². The molecular formula is C16H26O2. The van der Waals surface area contributed by atoms with E-state index >= 15 is 0 Å². The first-order valence-electron chi connectivity index (χ1n) is 6.57. The topological polar surface area (TPSA) is 29.5 Å². The van der Waals surface area contributed by atoms with Crippen molar-refractivity contribution in [2.24, 2.45) is 10.8 Å². The molecule has 102 valence electrons. The molecule has 0 amide bonds. The normalized spacial score (nSPS) is 12.7. The van der Waals surface area contributed by atoms with Crippen LogP contribution in [-0.4, -0.2) is 18.3 Å². The first-order valence-corrected chi connectivity index (χ1v) is 6.57. The summed E-state index contributed by atoms with van der Waals surface area (Å²) >= 11 is 0. The smallest absolute Gasteiger partial charge is 0.0717 e. The summed E-state index contributed by atoms with van der Waals surface area (Å²) < 4.78 is 5.79. The Bertz CT molecular complexity index is 341. The highest BCUT2D eigenvalue weighted by molar-refractivity contribution is 5.13. The molecule has 2 nitrogen and oxygen atoms in total. The number of hydrogen-bond donors (Lipinski definition) is 1. The van der Waals surface area contributed by atoms with Crippen LogP contribution in [0, 0.1) is 10.8 Å². The lowest BCUT2D eigenvalue weighted by Gasteiger charge is -2.33. The zero-order valence-electron chi connectivity index (χ0n) is 12.1. The Labute approximate surface area is 111 Å². The molecule has 0 saturated heterocycles. The van der Waals surface area contributed by atoms with Crippen LogP contribution in [-0.2, 0) is 11.3 Å². The molecule has 0 aliphatic heterocycles. The van der Waals surface area contributed by atoms with Crippen molar-refractivity contribution in [3.8, 4) is 0 Å². The minimum absolute atomic E-state index is 0.0421. The van der Waals surface area contributed by atoms with Gasteiger partial charge in [-0.3, -0.25) is 0 Å². The van der Waals surface area contributed by atoms with E-state index < -0.39 is 0 Å². The molecule has 1 rings (SSSR count). The van der Waals surface area contributed by atoms with E-state index in [0.29, 0.717) is 13.2 Å². The maximum Gasteiger partial charge on any atom is 0.0717 e. The van der Waals surface area contributed by atoms with E-state index in [1.165, 1.54) is 5.56 Å². The van der Waals surface area contributed by atoms with E-state index in [9.17, 15) is 5.11 Å². The Morgan fingerprint density at radius 3 is 2.17 bits per heavy atom. The lowest BCUT2D eigenvalue weighted by atomic mass is 9.76. The number of benzene rings is 1. The van der Waals surface area contributed by atoms with Gasteiger partial charge in [-0.25, -0.2) is 0 Å². The van der Waals surface area contributed by atoms with Gasteiger partial charge in [-0.05, 0) is 22.8 Å². The molecule has 0 atom stereocenters.